The molecular formula is C16H24N2O3. The van der Waals surface area contributed by atoms with Crippen LogP contribution in [0.2, 0.25) is 0 Å². The molecule has 1 amide bonds. The summed E-state index contributed by atoms with van der Waals surface area (Å²) < 4.78 is 0. The van der Waals surface area contributed by atoms with E-state index < -0.39 is 12.0 Å². The lowest BCUT2D eigenvalue weighted by atomic mass is 10.0. The Balaban J connectivity index is 2.18. The first-order valence-corrected chi connectivity index (χ1v) is 7.30. The summed E-state index contributed by atoms with van der Waals surface area (Å²) in [7, 11) is 0. The van der Waals surface area contributed by atoms with Crippen molar-refractivity contribution in [1.82, 2.24) is 5.32 Å². The van der Waals surface area contributed by atoms with Gasteiger partial charge in [0.05, 0.1) is 12.0 Å². The maximum atomic E-state index is 11.8. The van der Waals surface area contributed by atoms with Crippen molar-refractivity contribution in [3.8, 4) is 0 Å². The van der Waals surface area contributed by atoms with E-state index in [1.165, 1.54) is 0 Å². The molecule has 0 saturated carbocycles. The van der Waals surface area contributed by atoms with Crippen molar-refractivity contribution in [2.24, 2.45) is 11.7 Å². The molecule has 0 aliphatic heterocycles. The highest BCUT2D eigenvalue weighted by Gasteiger charge is 2.14. The van der Waals surface area contributed by atoms with E-state index in [0.29, 0.717) is 25.8 Å². The largest absolute Gasteiger partial charge is 0.481 e. The predicted molar refractivity (Wildman–Crippen MR) is 81.8 cm³/mol. The fourth-order valence-electron chi connectivity index (χ4n) is 1.97. The third-order valence-corrected chi connectivity index (χ3v) is 3.46. The molecule has 0 spiro atoms. The molecule has 0 bridgehead atoms. The van der Waals surface area contributed by atoms with Gasteiger partial charge in [0.1, 0.15) is 0 Å². The van der Waals surface area contributed by atoms with Gasteiger partial charge in [-0.2, -0.15) is 0 Å². The van der Waals surface area contributed by atoms with E-state index in [1.54, 1.807) is 6.92 Å². The molecule has 1 aromatic carbocycles. The SMILES string of the molecule is CC(CCCNC(=O)[C@@H](N)CCc1ccccc1)C(=O)O. The lowest BCUT2D eigenvalue weighted by molar-refractivity contribution is -0.141. The van der Waals surface area contributed by atoms with E-state index in [0.717, 1.165) is 12.0 Å². The van der Waals surface area contributed by atoms with Gasteiger partial charge in [0, 0.05) is 6.54 Å². The number of carboxylic acid groups (broad SMARTS) is 1. The van der Waals surface area contributed by atoms with Crippen LogP contribution in [0.25, 0.3) is 0 Å². The number of aryl methyl sites for hydroxylation is 1. The second-order valence-electron chi connectivity index (χ2n) is 5.30. The van der Waals surface area contributed by atoms with Crippen molar-refractivity contribution in [1.29, 1.82) is 0 Å². The second-order valence-corrected chi connectivity index (χ2v) is 5.30. The molecule has 0 aromatic heterocycles. The molecule has 0 aliphatic rings. The molecule has 1 aromatic rings. The van der Waals surface area contributed by atoms with Crippen LogP contribution in [-0.2, 0) is 16.0 Å². The summed E-state index contributed by atoms with van der Waals surface area (Å²) in [4.78, 5) is 22.4. The number of nitrogens with two attached hydrogens (primary N) is 1. The number of carboxylic acids is 1. The predicted octanol–water partition coefficient (Wildman–Crippen LogP) is 1.56. The molecule has 0 radical (unpaired) electrons. The van der Waals surface area contributed by atoms with Crippen molar-refractivity contribution in [3.05, 3.63) is 35.9 Å². The quantitative estimate of drug-likeness (QED) is 0.602. The molecule has 1 rings (SSSR count). The molecule has 0 fully saturated rings. The van der Waals surface area contributed by atoms with Crippen LogP contribution in [0.3, 0.4) is 0 Å². The summed E-state index contributed by atoms with van der Waals surface area (Å²) in [5, 5.41) is 11.5. The molecule has 0 aliphatic carbocycles. The molecule has 0 saturated heterocycles. The second kappa shape index (κ2) is 9.13. The molecule has 1 unspecified atom stereocenters. The van der Waals surface area contributed by atoms with E-state index in [1.807, 2.05) is 30.3 Å². The highest BCUT2D eigenvalue weighted by molar-refractivity contribution is 5.81. The zero-order valence-corrected chi connectivity index (χ0v) is 12.4. The summed E-state index contributed by atoms with van der Waals surface area (Å²) in [6.07, 6.45) is 2.56. The zero-order chi connectivity index (χ0) is 15.7. The van der Waals surface area contributed by atoms with Crippen molar-refractivity contribution in [2.45, 2.75) is 38.6 Å². The average Bonchev–Trinajstić information content (AvgIpc) is 2.49. The number of nitrogens with one attached hydrogen (secondary N) is 1. The smallest absolute Gasteiger partial charge is 0.306 e. The Bertz CT molecular complexity index is 448. The minimum Gasteiger partial charge on any atom is -0.481 e. The van der Waals surface area contributed by atoms with Gasteiger partial charge >= 0.3 is 5.97 Å². The van der Waals surface area contributed by atoms with E-state index in [-0.39, 0.29) is 11.8 Å². The van der Waals surface area contributed by atoms with Crippen molar-refractivity contribution in [2.75, 3.05) is 6.54 Å². The summed E-state index contributed by atoms with van der Waals surface area (Å²) >= 11 is 0. The Morgan fingerprint density at radius 2 is 1.90 bits per heavy atom. The van der Waals surface area contributed by atoms with Crippen LogP contribution >= 0.6 is 0 Å². The standard InChI is InChI=1S/C16H24N2O3/c1-12(16(20)21)6-5-11-18-15(19)14(17)10-9-13-7-3-2-4-8-13/h2-4,7-8,12,14H,5-6,9-11,17H2,1H3,(H,18,19)(H,20,21)/t12?,14-/m0/s1. The third kappa shape index (κ3) is 6.90. The summed E-state index contributed by atoms with van der Waals surface area (Å²) in [5.74, 6) is -1.36. The van der Waals surface area contributed by atoms with Gasteiger partial charge in [-0.3, -0.25) is 9.59 Å². The number of carbonyl (C=O) groups excluding carboxylic acids is 1. The molecule has 5 nitrogen and oxygen atoms in total. The van der Waals surface area contributed by atoms with Gasteiger partial charge in [0.25, 0.3) is 0 Å². The molecule has 5 heteroatoms. The van der Waals surface area contributed by atoms with Crippen LogP contribution in [-0.4, -0.2) is 29.6 Å². The molecule has 2 atom stereocenters. The number of amides is 1. The number of aliphatic carboxylic acids is 1. The molecule has 0 heterocycles. The fraction of sp³-hybridized carbons (Fsp3) is 0.500. The highest BCUT2D eigenvalue weighted by Crippen LogP contribution is 2.05. The van der Waals surface area contributed by atoms with Gasteiger partial charge in [-0.1, -0.05) is 37.3 Å². The molecule has 21 heavy (non-hydrogen) atoms. The summed E-state index contributed by atoms with van der Waals surface area (Å²) in [6, 6.07) is 9.38. The Morgan fingerprint density at radius 3 is 2.52 bits per heavy atom. The number of benzene rings is 1. The van der Waals surface area contributed by atoms with Gasteiger partial charge in [0.2, 0.25) is 5.91 Å². The maximum absolute atomic E-state index is 11.8. The highest BCUT2D eigenvalue weighted by atomic mass is 16.4. The molecular weight excluding hydrogens is 268 g/mol. The molecule has 4 N–H and O–H groups in total. The Hall–Kier alpha value is -1.88. The first-order chi connectivity index (χ1) is 10.0. The first kappa shape index (κ1) is 17.2. The molecule has 116 valence electrons. The van der Waals surface area contributed by atoms with Crippen LogP contribution in [0, 0.1) is 5.92 Å². The zero-order valence-electron chi connectivity index (χ0n) is 12.4. The van der Waals surface area contributed by atoms with Gasteiger partial charge in [-0.25, -0.2) is 0 Å². The monoisotopic (exact) mass is 292 g/mol. The lowest BCUT2D eigenvalue weighted by Crippen LogP contribution is -2.41. The Labute approximate surface area is 125 Å². The van der Waals surface area contributed by atoms with E-state index >= 15 is 0 Å². The number of rotatable bonds is 9. The van der Waals surface area contributed by atoms with Crippen LogP contribution in [0.1, 0.15) is 31.7 Å². The van der Waals surface area contributed by atoms with Gasteiger partial charge in [0.15, 0.2) is 0 Å². The van der Waals surface area contributed by atoms with Gasteiger partial charge < -0.3 is 16.2 Å². The van der Waals surface area contributed by atoms with E-state index in [2.05, 4.69) is 5.32 Å². The third-order valence-electron chi connectivity index (χ3n) is 3.46. The van der Waals surface area contributed by atoms with E-state index in [9.17, 15) is 9.59 Å². The lowest BCUT2D eigenvalue weighted by Gasteiger charge is -2.12. The van der Waals surface area contributed by atoms with Crippen LogP contribution in [0.4, 0.5) is 0 Å². The van der Waals surface area contributed by atoms with Crippen LogP contribution in [0.5, 0.6) is 0 Å². The topological polar surface area (TPSA) is 92.4 Å². The maximum Gasteiger partial charge on any atom is 0.306 e. The number of hydrogen-bond acceptors (Lipinski definition) is 3. The van der Waals surface area contributed by atoms with E-state index in [4.69, 9.17) is 10.8 Å². The average molecular weight is 292 g/mol. The van der Waals surface area contributed by atoms with Crippen molar-refractivity contribution >= 4 is 11.9 Å². The minimum atomic E-state index is -0.805. The Morgan fingerprint density at radius 1 is 1.24 bits per heavy atom. The van der Waals surface area contributed by atoms with Crippen molar-refractivity contribution in [3.63, 3.8) is 0 Å². The first-order valence-electron chi connectivity index (χ1n) is 7.30. The number of hydrogen-bond donors (Lipinski definition) is 3. The Kier molecular flexibility index (Phi) is 7.46. The normalized spacial score (nSPS) is 13.4. The minimum absolute atomic E-state index is 0.172. The van der Waals surface area contributed by atoms with Crippen LogP contribution in [0.15, 0.2) is 30.3 Å². The van der Waals surface area contributed by atoms with Crippen molar-refractivity contribution < 1.29 is 14.7 Å². The van der Waals surface area contributed by atoms with Gasteiger partial charge in [-0.15, -0.1) is 0 Å². The van der Waals surface area contributed by atoms with Gasteiger partial charge in [-0.05, 0) is 31.2 Å². The summed E-state index contributed by atoms with van der Waals surface area (Å²) in [5.41, 5.74) is 7.01. The summed E-state index contributed by atoms with van der Waals surface area (Å²) in [6.45, 7) is 2.13. The number of carbonyl (C=O) groups is 2. The van der Waals surface area contributed by atoms with Crippen LogP contribution < -0.4 is 11.1 Å². The fourth-order valence-corrected chi connectivity index (χ4v) is 1.97.